The number of nitrogens with zero attached hydrogens (tertiary/aromatic N) is 7. The molecule has 6 aromatic carbocycles. The number of fused-ring (bicyclic) bond motifs is 6. The lowest BCUT2D eigenvalue weighted by atomic mass is 10.0. The van der Waals surface area contributed by atoms with Gasteiger partial charge in [-0.3, -0.25) is 19.9 Å². The first kappa shape index (κ1) is 33.3. The molecule has 0 radical (unpaired) electrons. The van der Waals surface area contributed by atoms with Gasteiger partial charge >= 0.3 is 0 Å². The number of hydrogen-bond donors (Lipinski definition) is 0. The van der Waals surface area contributed by atoms with Crippen molar-refractivity contribution in [3.8, 4) is 67.5 Å². The highest BCUT2D eigenvalue weighted by molar-refractivity contribution is 6.04. The van der Waals surface area contributed by atoms with E-state index in [0.29, 0.717) is 17.5 Å². The summed E-state index contributed by atoms with van der Waals surface area (Å²) in [5.74, 6) is 1.75. The van der Waals surface area contributed by atoms with Gasteiger partial charge in [-0.15, -0.1) is 0 Å². The fourth-order valence-corrected chi connectivity index (χ4v) is 7.67. The minimum atomic E-state index is 0.579. The summed E-state index contributed by atoms with van der Waals surface area (Å²) in [6, 6.07) is 56.1. The highest BCUT2D eigenvalue weighted by atomic mass is 15.0. The molecule has 58 heavy (non-hydrogen) atoms. The van der Waals surface area contributed by atoms with Crippen molar-refractivity contribution in [1.29, 1.82) is 0 Å². The van der Waals surface area contributed by atoms with Crippen LogP contribution in [0.15, 0.2) is 189 Å². The van der Waals surface area contributed by atoms with Gasteiger partial charge in [-0.1, -0.05) is 127 Å². The molecule has 0 spiro atoms. The van der Waals surface area contributed by atoms with E-state index in [1.54, 1.807) is 0 Å². The molecule has 0 atom stereocenters. The van der Waals surface area contributed by atoms with Crippen LogP contribution in [0, 0.1) is 0 Å². The van der Waals surface area contributed by atoms with Crippen molar-refractivity contribution in [3.63, 3.8) is 0 Å². The first-order valence-corrected chi connectivity index (χ1v) is 19.1. The van der Waals surface area contributed by atoms with Crippen LogP contribution >= 0.6 is 0 Å². The summed E-state index contributed by atoms with van der Waals surface area (Å²) in [5.41, 5.74) is 12.5. The lowest BCUT2D eigenvalue weighted by Gasteiger charge is -2.11. The van der Waals surface area contributed by atoms with Crippen molar-refractivity contribution in [1.82, 2.24) is 34.9 Å². The van der Waals surface area contributed by atoms with Gasteiger partial charge in [-0.05, 0) is 58.7 Å². The molecule has 0 bridgehead atoms. The molecule has 0 aliphatic heterocycles. The first-order valence-electron chi connectivity index (χ1n) is 19.1. The van der Waals surface area contributed by atoms with Gasteiger partial charge in [-0.25, -0.2) is 15.0 Å². The molecular weight excluding hydrogens is 711 g/mol. The van der Waals surface area contributed by atoms with E-state index in [1.165, 1.54) is 0 Å². The molecule has 5 aromatic heterocycles. The Balaban J connectivity index is 1.01. The molecule has 270 valence electrons. The maximum atomic E-state index is 5.13. The van der Waals surface area contributed by atoms with Crippen LogP contribution in [0.4, 0.5) is 0 Å². The summed E-state index contributed by atoms with van der Waals surface area (Å²) in [4.78, 5) is 34.3. The Morgan fingerprint density at radius 2 is 0.655 bits per heavy atom. The molecule has 0 saturated carbocycles. The first-order chi connectivity index (χ1) is 28.7. The molecule has 0 aliphatic carbocycles. The Bertz CT molecular complexity index is 3170. The van der Waals surface area contributed by atoms with E-state index in [-0.39, 0.29) is 0 Å². The van der Waals surface area contributed by atoms with Crippen LogP contribution < -0.4 is 0 Å². The summed E-state index contributed by atoms with van der Waals surface area (Å²) in [7, 11) is 0. The molecule has 0 saturated heterocycles. The van der Waals surface area contributed by atoms with Crippen molar-refractivity contribution in [3.05, 3.63) is 189 Å². The van der Waals surface area contributed by atoms with Crippen LogP contribution in [-0.2, 0) is 0 Å². The zero-order chi connectivity index (χ0) is 38.4. The average molecular weight is 742 g/mol. The molecule has 11 aromatic rings. The fraction of sp³-hybridized carbons (Fsp3) is 0. The van der Waals surface area contributed by atoms with Crippen LogP contribution in [0.1, 0.15) is 0 Å². The zero-order valence-electron chi connectivity index (χ0n) is 31.0. The van der Waals surface area contributed by atoms with Crippen LogP contribution in [0.5, 0.6) is 0 Å². The molecule has 5 heterocycles. The van der Waals surface area contributed by atoms with Crippen LogP contribution in [0.3, 0.4) is 0 Å². The van der Waals surface area contributed by atoms with E-state index in [1.807, 2.05) is 67.3 Å². The lowest BCUT2D eigenvalue weighted by Crippen LogP contribution is -2.00. The summed E-state index contributed by atoms with van der Waals surface area (Å²) in [6.07, 6.45) is 7.46. The van der Waals surface area contributed by atoms with Gasteiger partial charge in [0.05, 0.1) is 22.1 Å². The molecule has 0 N–H and O–H groups in total. The highest BCUT2D eigenvalue weighted by Crippen LogP contribution is 2.33. The van der Waals surface area contributed by atoms with Gasteiger partial charge in [0.1, 0.15) is 0 Å². The average Bonchev–Trinajstić information content (AvgIpc) is 3.31. The second-order valence-electron chi connectivity index (χ2n) is 14.3. The number of pyridine rings is 4. The van der Waals surface area contributed by atoms with Crippen molar-refractivity contribution >= 4 is 43.6 Å². The maximum Gasteiger partial charge on any atom is 0.164 e. The van der Waals surface area contributed by atoms with Gasteiger partial charge in [0.15, 0.2) is 17.5 Å². The Morgan fingerprint density at radius 3 is 1.19 bits per heavy atom. The standard InChI is InChI=1S/C51H31N7/c1-2-8-32(9-3-1)33-16-20-36(21-17-33)49-56-50(41-12-4-10-37(26-41)43-28-39-22-18-34-14-6-24-52-45(34)47(39)54-30-43)58-51(57-49)42-13-5-11-38(27-42)44-29-40-23-19-35-15-7-25-53-46(35)48(40)55-31-44/h1-31H. The van der Waals surface area contributed by atoms with Crippen molar-refractivity contribution in [2.24, 2.45) is 0 Å². The Hall–Kier alpha value is -8.03. The second-order valence-corrected chi connectivity index (χ2v) is 14.3. The minimum Gasteiger partial charge on any atom is -0.254 e. The third kappa shape index (κ3) is 6.08. The fourth-order valence-electron chi connectivity index (χ4n) is 7.67. The summed E-state index contributed by atoms with van der Waals surface area (Å²) in [5, 5.41) is 4.20. The molecule has 0 amide bonds. The quantitative estimate of drug-likeness (QED) is 0.157. The van der Waals surface area contributed by atoms with Crippen LogP contribution in [-0.4, -0.2) is 34.9 Å². The molecular formula is C51H31N7. The molecule has 0 aliphatic rings. The SMILES string of the molecule is c1ccc(-c2ccc(-c3nc(-c4cccc(-c5cnc6c(ccc7cccnc76)c5)c4)nc(-c4cccc(-c5cnc6c(ccc7cccnc76)c5)c4)n3)cc2)cc1. The van der Waals surface area contributed by atoms with Gasteiger partial charge in [0.25, 0.3) is 0 Å². The number of benzene rings is 6. The van der Waals surface area contributed by atoms with Gasteiger partial charge < -0.3 is 0 Å². The van der Waals surface area contributed by atoms with E-state index in [0.717, 1.165) is 93.7 Å². The summed E-state index contributed by atoms with van der Waals surface area (Å²) < 4.78 is 0. The lowest BCUT2D eigenvalue weighted by molar-refractivity contribution is 1.07. The Kier molecular flexibility index (Phi) is 8.00. The Morgan fingerprint density at radius 1 is 0.241 bits per heavy atom. The smallest absolute Gasteiger partial charge is 0.164 e. The van der Waals surface area contributed by atoms with Crippen LogP contribution in [0.25, 0.3) is 111 Å². The predicted molar refractivity (Wildman–Crippen MR) is 234 cm³/mol. The second kappa shape index (κ2) is 13.9. The van der Waals surface area contributed by atoms with E-state index in [9.17, 15) is 0 Å². The molecule has 0 fully saturated rings. The van der Waals surface area contributed by atoms with Crippen LogP contribution in [0.2, 0.25) is 0 Å². The van der Waals surface area contributed by atoms with E-state index in [4.69, 9.17) is 24.9 Å². The maximum absolute atomic E-state index is 5.13. The molecule has 0 unspecified atom stereocenters. The molecule has 7 heteroatoms. The zero-order valence-corrected chi connectivity index (χ0v) is 31.0. The van der Waals surface area contributed by atoms with E-state index < -0.39 is 0 Å². The normalized spacial score (nSPS) is 11.4. The number of rotatable bonds is 6. The highest BCUT2D eigenvalue weighted by Gasteiger charge is 2.15. The Labute approximate surface area is 333 Å². The van der Waals surface area contributed by atoms with E-state index in [2.05, 4.69) is 131 Å². The predicted octanol–water partition coefficient (Wildman–Crippen LogP) is 12.1. The minimum absolute atomic E-state index is 0.579. The van der Waals surface area contributed by atoms with Gasteiger partial charge in [0, 0.05) is 74.1 Å². The third-order valence-corrected chi connectivity index (χ3v) is 10.6. The van der Waals surface area contributed by atoms with Gasteiger partial charge in [-0.2, -0.15) is 0 Å². The summed E-state index contributed by atoms with van der Waals surface area (Å²) >= 11 is 0. The largest absolute Gasteiger partial charge is 0.254 e. The monoisotopic (exact) mass is 741 g/mol. The number of aromatic nitrogens is 7. The topological polar surface area (TPSA) is 90.2 Å². The number of hydrogen-bond acceptors (Lipinski definition) is 7. The van der Waals surface area contributed by atoms with Crippen molar-refractivity contribution in [2.45, 2.75) is 0 Å². The van der Waals surface area contributed by atoms with Gasteiger partial charge in [0.2, 0.25) is 0 Å². The van der Waals surface area contributed by atoms with Crippen molar-refractivity contribution in [2.75, 3.05) is 0 Å². The molecule has 11 rings (SSSR count). The van der Waals surface area contributed by atoms with E-state index >= 15 is 0 Å². The molecule has 7 nitrogen and oxygen atoms in total. The van der Waals surface area contributed by atoms with Crippen molar-refractivity contribution < 1.29 is 0 Å². The summed E-state index contributed by atoms with van der Waals surface area (Å²) in [6.45, 7) is 0. The third-order valence-electron chi connectivity index (χ3n) is 10.6.